The highest BCUT2D eigenvalue weighted by molar-refractivity contribution is 7.13. The van der Waals surface area contributed by atoms with Crippen LogP contribution in [0.4, 0.5) is 0 Å². The van der Waals surface area contributed by atoms with Crippen LogP contribution in [0.5, 0.6) is 0 Å². The highest BCUT2D eigenvalue weighted by Crippen LogP contribution is 2.37. The van der Waals surface area contributed by atoms with Gasteiger partial charge >= 0.3 is 0 Å². The number of nitrogens with zero attached hydrogens (tertiary/aromatic N) is 3. The first-order chi connectivity index (χ1) is 19.9. The molecule has 3 aromatic rings. The maximum atomic E-state index is 14.0. The van der Waals surface area contributed by atoms with E-state index in [0.717, 1.165) is 38.4 Å². The van der Waals surface area contributed by atoms with E-state index in [-0.39, 0.29) is 36.1 Å². The number of carbonyl (C=O) groups excluding carboxylic acids is 2. The number of rotatable bonds is 7. The van der Waals surface area contributed by atoms with E-state index in [1.165, 1.54) is 4.90 Å². The van der Waals surface area contributed by atoms with Gasteiger partial charge in [0.2, 0.25) is 11.8 Å². The Morgan fingerprint density at radius 1 is 1.14 bits per heavy atom. The van der Waals surface area contributed by atoms with Crippen LogP contribution in [0.2, 0.25) is 0 Å². The van der Waals surface area contributed by atoms with Crippen LogP contribution in [-0.2, 0) is 28.1 Å². The first-order valence-electron chi connectivity index (χ1n) is 14.7. The molecule has 0 spiro atoms. The van der Waals surface area contributed by atoms with Crippen LogP contribution < -0.4 is 5.32 Å². The van der Waals surface area contributed by atoms with Crippen molar-refractivity contribution in [1.82, 2.24) is 20.1 Å². The summed E-state index contributed by atoms with van der Waals surface area (Å²) in [6, 6.07) is 12.6. The number of hydrogen-bond donors (Lipinski definition) is 3. The Balaban J connectivity index is 1.34. The van der Waals surface area contributed by atoms with Gasteiger partial charge in [-0.2, -0.15) is 0 Å². The predicted octanol–water partition coefficient (Wildman–Crippen LogP) is 4.53. The Kier molecular flexibility index (Phi) is 8.58. The number of aryl methyl sites for hydroxylation is 1. The van der Waals surface area contributed by atoms with Crippen molar-refractivity contribution in [3.05, 3.63) is 75.9 Å². The van der Waals surface area contributed by atoms with E-state index in [9.17, 15) is 19.8 Å². The van der Waals surface area contributed by atoms with E-state index >= 15 is 0 Å². The fourth-order valence-corrected chi connectivity index (χ4v) is 7.18. The molecule has 2 aliphatic heterocycles. The van der Waals surface area contributed by atoms with Crippen LogP contribution in [0.25, 0.3) is 10.4 Å². The zero-order valence-corrected chi connectivity index (χ0v) is 26.1. The van der Waals surface area contributed by atoms with E-state index in [2.05, 4.69) is 49.3 Å². The van der Waals surface area contributed by atoms with E-state index < -0.39 is 24.4 Å². The average Bonchev–Trinajstić information content (AvgIpc) is 3.64. The highest BCUT2D eigenvalue weighted by Gasteiger charge is 2.46. The molecule has 1 fully saturated rings. The average molecular weight is 591 g/mol. The standard InChI is InChI=1S/C33H42N4O4S/c1-19(2)28(37-16-23-9-7-8-10-25(23)31(37)40)32(41)36-17-24(38)14-27(36)30(39)34-15-22-12-11-21(13-26(22)33(4,5)6)29-20(3)35-18-42-29/h7-13,18-19,24,27-28,31,38,40H,14-17H2,1-6H3,(H,34,39). The van der Waals surface area contributed by atoms with Gasteiger partial charge in [0.25, 0.3) is 0 Å². The summed E-state index contributed by atoms with van der Waals surface area (Å²) in [5, 5.41) is 24.8. The molecule has 42 heavy (non-hydrogen) atoms. The fourth-order valence-electron chi connectivity index (χ4n) is 6.38. The molecule has 0 saturated carbocycles. The molecular formula is C33H42N4O4S. The van der Waals surface area contributed by atoms with Crippen LogP contribution >= 0.6 is 11.3 Å². The lowest BCUT2D eigenvalue weighted by molar-refractivity contribution is -0.149. The summed E-state index contributed by atoms with van der Waals surface area (Å²) in [4.78, 5) is 36.5. The smallest absolute Gasteiger partial charge is 0.243 e. The second-order valence-electron chi connectivity index (χ2n) is 12.9. The fraction of sp³-hybridized carbons (Fsp3) is 0.485. The minimum Gasteiger partial charge on any atom is -0.391 e. The lowest BCUT2D eigenvalue weighted by Gasteiger charge is -2.36. The van der Waals surface area contributed by atoms with E-state index in [1.807, 2.05) is 50.5 Å². The van der Waals surface area contributed by atoms with Crippen LogP contribution in [0, 0.1) is 12.8 Å². The van der Waals surface area contributed by atoms with E-state index in [4.69, 9.17) is 0 Å². The number of amides is 2. The third kappa shape index (κ3) is 5.88. The van der Waals surface area contributed by atoms with Crippen LogP contribution in [-0.4, -0.2) is 61.5 Å². The number of likely N-dealkylation sites (tertiary alicyclic amines) is 1. The van der Waals surface area contributed by atoms with Crippen molar-refractivity contribution in [3.8, 4) is 10.4 Å². The Bertz CT molecular complexity index is 1460. The van der Waals surface area contributed by atoms with Crippen molar-refractivity contribution >= 4 is 23.2 Å². The summed E-state index contributed by atoms with van der Waals surface area (Å²) in [5.74, 6) is -0.638. The second-order valence-corrected chi connectivity index (χ2v) is 13.8. The Hall–Kier alpha value is -3.11. The second kappa shape index (κ2) is 11.9. The molecule has 224 valence electrons. The molecule has 9 heteroatoms. The Morgan fingerprint density at radius 3 is 2.52 bits per heavy atom. The molecule has 1 saturated heterocycles. The van der Waals surface area contributed by atoms with Gasteiger partial charge < -0.3 is 20.4 Å². The molecule has 0 aliphatic carbocycles. The van der Waals surface area contributed by atoms with Gasteiger partial charge in [-0.3, -0.25) is 14.5 Å². The molecule has 2 aliphatic rings. The number of aromatic nitrogens is 1. The van der Waals surface area contributed by atoms with Crippen molar-refractivity contribution in [2.75, 3.05) is 6.54 Å². The lowest BCUT2D eigenvalue weighted by Crippen LogP contribution is -2.55. The number of hydrogen-bond acceptors (Lipinski definition) is 7. The third-order valence-corrected chi connectivity index (χ3v) is 9.46. The first-order valence-corrected chi connectivity index (χ1v) is 15.6. The third-order valence-electron chi connectivity index (χ3n) is 8.49. The van der Waals surface area contributed by atoms with Gasteiger partial charge in [0, 0.05) is 26.1 Å². The van der Waals surface area contributed by atoms with Gasteiger partial charge in [0.1, 0.15) is 12.3 Å². The maximum Gasteiger partial charge on any atom is 0.243 e. The van der Waals surface area contributed by atoms with Gasteiger partial charge in [0.05, 0.1) is 28.2 Å². The van der Waals surface area contributed by atoms with Crippen molar-refractivity contribution in [1.29, 1.82) is 0 Å². The Labute approximate surface area is 252 Å². The molecule has 4 unspecified atom stereocenters. The number of aliphatic hydroxyl groups excluding tert-OH is 2. The largest absolute Gasteiger partial charge is 0.391 e. The predicted molar refractivity (Wildman–Crippen MR) is 165 cm³/mol. The summed E-state index contributed by atoms with van der Waals surface area (Å²) >= 11 is 1.61. The molecule has 3 N–H and O–H groups in total. The number of thiazole rings is 1. The normalized spacial score (nSPS) is 21.5. The first kappa shape index (κ1) is 30.4. The summed E-state index contributed by atoms with van der Waals surface area (Å²) < 4.78 is 0. The maximum absolute atomic E-state index is 14.0. The number of fused-ring (bicyclic) bond motifs is 1. The van der Waals surface area contributed by atoms with Crippen molar-refractivity contribution in [2.24, 2.45) is 5.92 Å². The van der Waals surface area contributed by atoms with Crippen LogP contribution in [0.15, 0.2) is 48.0 Å². The van der Waals surface area contributed by atoms with Crippen molar-refractivity contribution < 1.29 is 19.8 Å². The monoisotopic (exact) mass is 590 g/mol. The van der Waals surface area contributed by atoms with Gasteiger partial charge in [-0.25, -0.2) is 4.98 Å². The van der Waals surface area contributed by atoms with Gasteiger partial charge in [0.15, 0.2) is 0 Å². The molecule has 2 aromatic carbocycles. The minimum absolute atomic E-state index is 0.0904. The minimum atomic E-state index is -0.898. The SMILES string of the molecule is Cc1ncsc1-c1ccc(CNC(=O)C2CC(O)CN2C(=O)C(C(C)C)N2Cc3ccccc3C2O)c(C(C)(C)C)c1. The molecule has 0 radical (unpaired) electrons. The van der Waals surface area contributed by atoms with E-state index in [0.29, 0.717) is 13.1 Å². The number of aliphatic hydroxyl groups is 2. The van der Waals surface area contributed by atoms with Gasteiger partial charge in [-0.05, 0) is 52.1 Å². The Morgan fingerprint density at radius 2 is 1.88 bits per heavy atom. The lowest BCUT2D eigenvalue weighted by atomic mass is 9.82. The molecule has 1 aromatic heterocycles. The summed E-state index contributed by atoms with van der Waals surface area (Å²) in [6.45, 7) is 13.2. The number of carbonyl (C=O) groups is 2. The van der Waals surface area contributed by atoms with Gasteiger partial charge in [-0.15, -0.1) is 11.3 Å². The van der Waals surface area contributed by atoms with Crippen molar-refractivity contribution in [2.45, 2.75) is 90.9 Å². The molecule has 3 heterocycles. The number of benzene rings is 2. The molecule has 8 nitrogen and oxygen atoms in total. The topological polar surface area (TPSA) is 106 Å². The van der Waals surface area contributed by atoms with Gasteiger partial charge in [-0.1, -0.05) is 71.0 Å². The summed E-state index contributed by atoms with van der Waals surface area (Å²) in [6.07, 6.45) is -1.50. The zero-order chi connectivity index (χ0) is 30.3. The van der Waals surface area contributed by atoms with Crippen LogP contribution in [0.1, 0.15) is 75.2 Å². The van der Waals surface area contributed by atoms with E-state index in [1.54, 1.807) is 16.2 Å². The van der Waals surface area contributed by atoms with Crippen molar-refractivity contribution in [3.63, 3.8) is 0 Å². The number of β-amino-alcohol motifs (C(OH)–C–C–N with tert-alkyl or cyclic N) is 1. The highest BCUT2D eigenvalue weighted by atomic mass is 32.1. The molecule has 2 amide bonds. The summed E-state index contributed by atoms with van der Waals surface area (Å²) in [7, 11) is 0. The zero-order valence-electron chi connectivity index (χ0n) is 25.3. The summed E-state index contributed by atoms with van der Waals surface area (Å²) in [5.41, 5.74) is 7.74. The number of nitrogens with one attached hydrogen (secondary N) is 1. The molecule has 0 bridgehead atoms. The molecule has 5 rings (SSSR count). The van der Waals surface area contributed by atoms with Crippen LogP contribution in [0.3, 0.4) is 0 Å². The quantitative estimate of drug-likeness (QED) is 0.374. The molecule has 4 atom stereocenters. The molecular weight excluding hydrogens is 548 g/mol.